The van der Waals surface area contributed by atoms with Crippen molar-refractivity contribution in [3.8, 4) is 5.75 Å². The Bertz CT molecular complexity index is 962. The SMILES string of the molecule is COc1ccccc1C(NC(=O)c1nc(SC)ncc1Cl)c1nccn1C. The van der Waals surface area contributed by atoms with Gasteiger partial charge < -0.3 is 14.6 Å². The van der Waals surface area contributed by atoms with Crippen LogP contribution in [0.1, 0.15) is 27.9 Å². The summed E-state index contributed by atoms with van der Waals surface area (Å²) in [5.74, 6) is 0.879. The Morgan fingerprint density at radius 1 is 1.33 bits per heavy atom. The summed E-state index contributed by atoms with van der Waals surface area (Å²) in [6.45, 7) is 0. The summed E-state index contributed by atoms with van der Waals surface area (Å²) in [7, 11) is 3.45. The number of nitrogens with zero attached hydrogens (tertiary/aromatic N) is 4. The molecule has 0 aliphatic carbocycles. The topological polar surface area (TPSA) is 81.9 Å². The third-order valence-corrected chi connectivity index (χ3v) is 4.80. The van der Waals surface area contributed by atoms with Crippen molar-refractivity contribution in [1.82, 2.24) is 24.8 Å². The summed E-state index contributed by atoms with van der Waals surface area (Å²) in [6, 6.07) is 6.92. The molecule has 1 aromatic carbocycles. The van der Waals surface area contributed by atoms with Crippen LogP contribution in [0.5, 0.6) is 5.75 Å². The first-order chi connectivity index (χ1) is 13.0. The number of imidazole rings is 1. The van der Waals surface area contributed by atoms with E-state index in [0.717, 1.165) is 5.56 Å². The Morgan fingerprint density at radius 3 is 2.78 bits per heavy atom. The number of amides is 1. The van der Waals surface area contributed by atoms with Crippen LogP contribution in [0, 0.1) is 0 Å². The number of rotatable bonds is 6. The number of nitrogens with one attached hydrogen (secondary N) is 1. The number of para-hydroxylation sites is 1. The summed E-state index contributed by atoms with van der Waals surface area (Å²) >= 11 is 7.48. The first-order valence-corrected chi connectivity index (χ1v) is 9.63. The molecule has 1 N–H and O–H groups in total. The smallest absolute Gasteiger partial charge is 0.272 e. The first-order valence-electron chi connectivity index (χ1n) is 8.02. The van der Waals surface area contributed by atoms with Crippen LogP contribution < -0.4 is 10.1 Å². The minimum atomic E-state index is -0.544. The fourth-order valence-corrected chi connectivity index (χ4v) is 3.17. The summed E-state index contributed by atoms with van der Waals surface area (Å²) < 4.78 is 7.31. The zero-order valence-corrected chi connectivity index (χ0v) is 16.6. The van der Waals surface area contributed by atoms with Gasteiger partial charge in [0.05, 0.1) is 18.3 Å². The van der Waals surface area contributed by atoms with Gasteiger partial charge in [0.25, 0.3) is 5.91 Å². The van der Waals surface area contributed by atoms with E-state index in [9.17, 15) is 4.79 Å². The predicted molar refractivity (Wildman–Crippen MR) is 104 cm³/mol. The van der Waals surface area contributed by atoms with Crippen LogP contribution in [0.25, 0.3) is 0 Å². The lowest BCUT2D eigenvalue weighted by molar-refractivity contribution is 0.0935. The summed E-state index contributed by atoms with van der Waals surface area (Å²) in [5, 5.41) is 3.63. The van der Waals surface area contributed by atoms with Gasteiger partial charge in [0.2, 0.25) is 0 Å². The van der Waals surface area contributed by atoms with Gasteiger partial charge in [-0.2, -0.15) is 0 Å². The van der Waals surface area contributed by atoms with E-state index in [-0.39, 0.29) is 10.7 Å². The number of halogens is 1. The standard InChI is InChI=1S/C18H18ClN5O2S/c1-24-9-8-20-16(24)14(11-6-4-5-7-13(11)26-2)22-17(25)15-12(19)10-21-18(23-15)27-3/h4-10,14H,1-3H3,(H,22,25). The Labute approximate surface area is 166 Å². The van der Waals surface area contributed by atoms with Crippen LogP contribution in [0.4, 0.5) is 0 Å². The highest BCUT2D eigenvalue weighted by Gasteiger charge is 2.26. The van der Waals surface area contributed by atoms with Gasteiger partial charge in [-0.25, -0.2) is 15.0 Å². The molecule has 3 aromatic rings. The number of methoxy groups -OCH3 is 1. The molecule has 7 nitrogen and oxygen atoms in total. The van der Waals surface area contributed by atoms with Gasteiger partial charge in [0.15, 0.2) is 10.9 Å². The monoisotopic (exact) mass is 403 g/mol. The number of carbonyl (C=O) groups is 1. The van der Waals surface area contributed by atoms with Crippen LogP contribution in [0.2, 0.25) is 5.02 Å². The third kappa shape index (κ3) is 4.06. The molecule has 1 unspecified atom stereocenters. The van der Waals surface area contributed by atoms with Gasteiger partial charge in [-0.3, -0.25) is 4.79 Å². The van der Waals surface area contributed by atoms with E-state index in [1.807, 2.05) is 48.3 Å². The molecule has 0 saturated carbocycles. The van der Waals surface area contributed by atoms with E-state index in [0.29, 0.717) is 16.7 Å². The zero-order chi connectivity index (χ0) is 19.4. The van der Waals surface area contributed by atoms with E-state index >= 15 is 0 Å². The average molecular weight is 404 g/mol. The first kappa shape index (κ1) is 19.2. The van der Waals surface area contributed by atoms with Gasteiger partial charge in [0, 0.05) is 25.0 Å². The second kappa shape index (κ2) is 8.41. The van der Waals surface area contributed by atoms with Crippen LogP contribution in [-0.4, -0.2) is 38.8 Å². The van der Waals surface area contributed by atoms with Crippen molar-refractivity contribution in [1.29, 1.82) is 0 Å². The van der Waals surface area contributed by atoms with Crippen molar-refractivity contribution < 1.29 is 9.53 Å². The van der Waals surface area contributed by atoms with Crippen molar-refractivity contribution in [2.75, 3.05) is 13.4 Å². The molecule has 0 aliphatic rings. The summed E-state index contributed by atoms with van der Waals surface area (Å²) in [6.07, 6.45) is 6.74. The van der Waals surface area contributed by atoms with Gasteiger partial charge in [-0.1, -0.05) is 41.6 Å². The van der Waals surface area contributed by atoms with E-state index in [4.69, 9.17) is 16.3 Å². The molecule has 1 atom stereocenters. The van der Waals surface area contributed by atoms with Gasteiger partial charge in [0.1, 0.15) is 17.6 Å². The Balaban J connectivity index is 2.02. The number of benzene rings is 1. The molecule has 140 valence electrons. The molecule has 0 radical (unpaired) electrons. The lowest BCUT2D eigenvalue weighted by Gasteiger charge is -2.21. The van der Waals surface area contributed by atoms with Crippen LogP contribution in [0.15, 0.2) is 48.0 Å². The predicted octanol–water partition coefficient (Wildman–Crippen LogP) is 3.11. The van der Waals surface area contributed by atoms with Gasteiger partial charge in [-0.05, 0) is 12.3 Å². The summed E-state index contributed by atoms with van der Waals surface area (Å²) in [4.78, 5) is 25.6. The molecule has 1 amide bonds. The maximum absolute atomic E-state index is 13.0. The molecule has 2 heterocycles. The Morgan fingerprint density at radius 2 is 2.11 bits per heavy atom. The number of thioether (sulfide) groups is 1. The molecule has 0 bridgehead atoms. The quantitative estimate of drug-likeness (QED) is 0.503. The molecule has 0 spiro atoms. The van der Waals surface area contributed by atoms with Crippen molar-refractivity contribution in [2.24, 2.45) is 7.05 Å². The van der Waals surface area contributed by atoms with E-state index in [2.05, 4.69) is 20.3 Å². The lowest BCUT2D eigenvalue weighted by Crippen LogP contribution is -2.32. The number of aryl methyl sites for hydroxylation is 1. The van der Waals surface area contributed by atoms with Crippen LogP contribution in [0.3, 0.4) is 0 Å². The van der Waals surface area contributed by atoms with E-state index in [1.165, 1.54) is 18.0 Å². The summed E-state index contributed by atoms with van der Waals surface area (Å²) in [5.41, 5.74) is 0.892. The van der Waals surface area contributed by atoms with Crippen molar-refractivity contribution >= 4 is 29.3 Å². The molecule has 9 heteroatoms. The maximum Gasteiger partial charge on any atom is 0.272 e. The average Bonchev–Trinajstić information content (AvgIpc) is 3.12. The largest absolute Gasteiger partial charge is 0.496 e. The van der Waals surface area contributed by atoms with Crippen LogP contribution in [-0.2, 0) is 7.05 Å². The second-order valence-corrected chi connectivity index (χ2v) is 6.78. The van der Waals surface area contributed by atoms with Gasteiger partial charge >= 0.3 is 0 Å². The minimum Gasteiger partial charge on any atom is -0.496 e. The molecule has 2 aromatic heterocycles. The molecular formula is C18H18ClN5O2S. The van der Waals surface area contributed by atoms with Crippen molar-refractivity contribution in [3.63, 3.8) is 0 Å². The number of carbonyl (C=O) groups excluding carboxylic acids is 1. The molecule has 0 aliphatic heterocycles. The highest BCUT2D eigenvalue weighted by Crippen LogP contribution is 2.29. The highest BCUT2D eigenvalue weighted by molar-refractivity contribution is 7.98. The van der Waals surface area contributed by atoms with Crippen molar-refractivity contribution in [2.45, 2.75) is 11.2 Å². The molecule has 27 heavy (non-hydrogen) atoms. The molecule has 0 fully saturated rings. The highest BCUT2D eigenvalue weighted by atomic mass is 35.5. The fraction of sp³-hybridized carbons (Fsp3) is 0.222. The maximum atomic E-state index is 13.0. The fourth-order valence-electron chi connectivity index (χ4n) is 2.65. The molecule has 0 saturated heterocycles. The zero-order valence-electron chi connectivity index (χ0n) is 15.0. The normalized spacial score (nSPS) is 11.9. The minimum absolute atomic E-state index is 0.116. The number of aromatic nitrogens is 4. The Kier molecular flexibility index (Phi) is 5.98. The number of hydrogen-bond donors (Lipinski definition) is 1. The van der Waals surface area contributed by atoms with E-state index < -0.39 is 11.9 Å². The molecule has 3 rings (SSSR count). The van der Waals surface area contributed by atoms with Crippen LogP contribution >= 0.6 is 23.4 Å². The molecular weight excluding hydrogens is 386 g/mol. The van der Waals surface area contributed by atoms with E-state index in [1.54, 1.807) is 13.3 Å². The number of ether oxygens (including phenoxy) is 1. The number of hydrogen-bond acceptors (Lipinski definition) is 6. The Hall–Kier alpha value is -2.58. The second-order valence-electron chi connectivity index (χ2n) is 5.60. The van der Waals surface area contributed by atoms with Gasteiger partial charge in [-0.15, -0.1) is 0 Å². The lowest BCUT2D eigenvalue weighted by atomic mass is 10.0. The van der Waals surface area contributed by atoms with Crippen molar-refractivity contribution in [3.05, 3.63) is 65.0 Å². The third-order valence-electron chi connectivity index (χ3n) is 3.96.